The maximum atomic E-state index is 13.9. The van der Waals surface area contributed by atoms with Crippen molar-refractivity contribution >= 4 is 11.9 Å². The molecule has 2 N–H and O–H groups in total. The van der Waals surface area contributed by atoms with Gasteiger partial charge in [0.25, 0.3) is 11.5 Å². The van der Waals surface area contributed by atoms with Gasteiger partial charge >= 0.3 is 12.1 Å². The number of amides is 1. The first kappa shape index (κ1) is 29.1. The monoisotopic (exact) mass is 611 g/mol. The molecule has 0 saturated heterocycles. The van der Waals surface area contributed by atoms with Crippen LogP contribution in [-0.2, 0) is 23.3 Å². The maximum absolute atomic E-state index is 13.9. The number of aromatic amines is 1. The van der Waals surface area contributed by atoms with Crippen molar-refractivity contribution in [1.82, 2.24) is 35.0 Å². The average molecular weight is 612 g/mol. The molecule has 1 amide bonds. The maximum Gasteiger partial charge on any atom is 0.491 e. The number of fused-ring (bicyclic) bond motifs is 2. The van der Waals surface area contributed by atoms with E-state index in [1.165, 1.54) is 29.1 Å². The Labute approximate surface area is 246 Å². The third kappa shape index (κ3) is 5.44. The van der Waals surface area contributed by atoms with Gasteiger partial charge in [0, 0.05) is 25.4 Å². The average Bonchev–Trinajstić information content (AvgIpc) is 3.33. The number of imidazole rings is 1. The van der Waals surface area contributed by atoms with E-state index in [0.717, 1.165) is 0 Å². The van der Waals surface area contributed by atoms with Gasteiger partial charge in [0.1, 0.15) is 11.6 Å². The van der Waals surface area contributed by atoms with Gasteiger partial charge < -0.3 is 15.0 Å². The Hall–Kier alpha value is -4.95. The molecule has 0 radical (unpaired) electrons. The lowest BCUT2D eigenvalue weighted by atomic mass is 9.77. The number of hydrogen-bond donors (Lipinski definition) is 2. The molecule has 1 saturated carbocycles. The molecule has 1 aromatic carbocycles. The molecule has 0 spiro atoms. The van der Waals surface area contributed by atoms with E-state index in [2.05, 4.69) is 35.2 Å². The van der Waals surface area contributed by atoms with Crippen molar-refractivity contribution in [3.8, 4) is 17.3 Å². The number of rotatable bonds is 6. The molecule has 1 fully saturated rings. The minimum Gasteiger partial charge on any atom is -0.411 e. The zero-order valence-corrected chi connectivity index (χ0v) is 23.2. The van der Waals surface area contributed by atoms with Gasteiger partial charge in [-0.05, 0) is 67.9 Å². The molecule has 44 heavy (non-hydrogen) atoms. The largest absolute Gasteiger partial charge is 0.491 e. The van der Waals surface area contributed by atoms with E-state index in [0.29, 0.717) is 42.5 Å². The second kappa shape index (κ2) is 11.0. The van der Waals surface area contributed by atoms with Crippen LogP contribution >= 0.6 is 0 Å². The van der Waals surface area contributed by atoms with Gasteiger partial charge in [0.15, 0.2) is 17.2 Å². The van der Waals surface area contributed by atoms with Crippen LogP contribution in [0.15, 0.2) is 47.5 Å². The van der Waals surface area contributed by atoms with Gasteiger partial charge in [-0.3, -0.25) is 14.2 Å². The number of benzene rings is 1. The highest BCUT2D eigenvalue weighted by molar-refractivity contribution is 5.92. The Balaban J connectivity index is 1.47. The van der Waals surface area contributed by atoms with Crippen molar-refractivity contribution in [2.24, 2.45) is 5.92 Å². The number of esters is 1. The number of carbonyl (C=O) groups excluding carboxylic acids is 2. The summed E-state index contributed by atoms with van der Waals surface area (Å²) in [4.78, 5) is 50.9. The summed E-state index contributed by atoms with van der Waals surface area (Å²) < 4.78 is 59.5. The van der Waals surface area contributed by atoms with E-state index in [1.807, 2.05) is 0 Å². The van der Waals surface area contributed by atoms with E-state index in [-0.39, 0.29) is 42.0 Å². The molecule has 7 rings (SSSR count). The molecule has 1 aliphatic carbocycles. The van der Waals surface area contributed by atoms with Crippen LogP contribution in [0, 0.1) is 18.7 Å². The van der Waals surface area contributed by atoms with Crippen LogP contribution in [0.2, 0.25) is 0 Å². The quantitative estimate of drug-likeness (QED) is 0.248. The third-order valence-electron chi connectivity index (χ3n) is 8.00. The first-order valence-electron chi connectivity index (χ1n) is 13.8. The molecule has 2 bridgehead atoms. The van der Waals surface area contributed by atoms with Gasteiger partial charge in [-0.2, -0.15) is 18.3 Å². The lowest BCUT2D eigenvalue weighted by Crippen LogP contribution is -2.50. The molecule has 4 aromatic rings. The molecular weight excluding hydrogens is 586 g/mol. The number of nitrogens with zero attached hydrogens (tertiary/aromatic N) is 5. The molecule has 3 aliphatic rings. The number of carbonyl (C=O) groups is 2. The summed E-state index contributed by atoms with van der Waals surface area (Å²) in [5, 5.41) is 10.5. The first-order valence-corrected chi connectivity index (χ1v) is 13.8. The highest BCUT2D eigenvalue weighted by Gasteiger charge is 2.47. The molecule has 15 heteroatoms. The minimum atomic E-state index is -5.39. The van der Waals surface area contributed by atoms with Gasteiger partial charge in [-0.25, -0.2) is 19.2 Å². The topological polar surface area (TPSA) is 145 Å². The summed E-state index contributed by atoms with van der Waals surface area (Å²) in [5.41, 5.74) is -1.04. The lowest BCUT2D eigenvalue weighted by molar-refractivity contribution is -0.189. The highest BCUT2D eigenvalue weighted by atomic mass is 19.4. The summed E-state index contributed by atoms with van der Waals surface area (Å²) in [7, 11) is 0. The molecule has 0 unspecified atom stereocenters. The zero-order chi connectivity index (χ0) is 31.2. The third-order valence-corrected chi connectivity index (χ3v) is 8.00. The van der Waals surface area contributed by atoms with Crippen LogP contribution < -0.4 is 15.6 Å². The van der Waals surface area contributed by atoms with Crippen LogP contribution in [0.1, 0.15) is 58.8 Å². The predicted octanol–water partition coefficient (Wildman–Crippen LogP) is 3.76. The number of aryl methyl sites for hydroxylation is 1. The molecule has 0 atom stereocenters. The summed E-state index contributed by atoms with van der Waals surface area (Å²) in [6.07, 6.45) is -0.315. The highest BCUT2D eigenvalue weighted by Crippen LogP contribution is 2.44. The SMILES string of the molecule is Cc1cc(Cc2c[nH]c(-c3nc4n(c(=O)c3OC(=O)C(F)(F)F)CC3CCC4(NC(=O)c4cccnn4)CC3)n2)ccc1F. The second-order valence-corrected chi connectivity index (χ2v) is 11.0. The fourth-order valence-corrected chi connectivity index (χ4v) is 5.79. The number of halogens is 4. The van der Waals surface area contributed by atoms with E-state index in [1.54, 1.807) is 25.1 Å². The summed E-state index contributed by atoms with van der Waals surface area (Å²) in [6.45, 7) is 1.71. The predicted molar refractivity (Wildman–Crippen MR) is 145 cm³/mol. The van der Waals surface area contributed by atoms with Crippen molar-refractivity contribution < 1.29 is 31.9 Å². The molecule has 2 aliphatic heterocycles. The molecule has 228 valence electrons. The van der Waals surface area contributed by atoms with E-state index >= 15 is 0 Å². The van der Waals surface area contributed by atoms with Crippen LogP contribution in [0.25, 0.3) is 11.5 Å². The Morgan fingerprint density at radius 1 is 1.18 bits per heavy atom. The second-order valence-electron chi connectivity index (χ2n) is 11.0. The van der Waals surface area contributed by atoms with E-state index < -0.39 is 40.6 Å². The van der Waals surface area contributed by atoms with E-state index in [9.17, 15) is 31.9 Å². The summed E-state index contributed by atoms with van der Waals surface area (Å²) in [5.74, 6) is -4.52. The van der Waals surface area contributed by atoms with Gasteiger partial charge in [-0.1, -0.05) is 12.1 Å². The van der Waals surface area contributed by atoms with Crippen LogP contribution in [0.3, 0.4) is 0 Å². The van der Waals surface area contributed by atoms with Crippen molar-refractivity contribution in [2.45, 2.75) is 57.3 Å². The Morgan fingerprint density at radius 2 is 1.95 bits per heavy atom. The van der Waals surface area contributed by atoms with Crippen molar-refractivity contribution in [2.75, 3.05) is 0 Å². The number of alkyl halides is 3. The number of nitrogens with one attached hydrogen (secondary N) is 2. The summed E-state index contributed by atoms with van der Waals surface area (Å²) >= 11 is 0. The smallest absolute Gasteiger partial charge is 0.411 e. The number of hydrogen-bond acceptors (Lipinski definition) is 8. The minimum absolute atomic E-state index is 0.0244. The lowest BCUT2D eigenvalue weighted by Gasteiger charge is -2.37. The van der Waals surface area contributed by atoms with Crippen molar-refractivity contribution in [1.29, 1.82) is 0 Å². The Morgan fingerprint density at radius 3 is 2.64 bits per heavy atom. The van der Waals surface area contributed by atoms with Gasteiger partial charge in [0.05, 0.1) is 11.2 Å². The standard InChI is InChI=1S/C29H25F4N7O4/c1-15-11-17(4-5-19(15)30)12-18-13-34-23(36-18)21-22(44-27(43)29(31,32)33)25(42)40-14-16-6-8-28(9-7-16,26(40)37-21)38-24(41)20-3-2-10-35-39-20/h2-5,10-11,13,16H,6-9,12,14H2,1H3,(H,34,36)(H,38,41). The Bertz CT molecular complexity index is 1810. The molecule has 3 aromatic heterocycles. The number of ether oxygens (including phenoxy) is 1. The van der Waals surface area contributed by atoms with Crippen LogP contribution in [0.4, 0.5) is 17.6 Å². The molecule has 5 heterocycles. The van der Waals surface area contributed by atoms with Crippen LogP contribution in [0.5, 0.6) is 5.75 Å². The zero-order valence-electron chi connectivity index (χ0n) is 23.2. The number of aromatic nitrogens is 6. The van der Waals surface area contributed by atoms with Gasteiger partial charge in [0.2, 0.25) is 5.75 Å². The first-order chi connectivity index (χ1) is 20.9. The van der Waals surface area contributed by atoms with Crippen LogP contribution in [-0.4, -0.2) is 47.8 Å². The molecule has 11 nitrogen and oxygen atoms in total. The van der Waals surface area contributed by atoms with E-state index in [4.69, 9.17) is 0 Å². The summed E-state index contributed by atoms with van der Waals surface area (Å²) in [6, 6.07) is 7.53. The number of H-pyrrole nitrogens is 1. The fourth-order valence-electron chi connectivity index (χ4n) is 5.79. The van der Waals surface area contributed by atoms with Crippen molar-refractivity contribution in [3.63, 3.8) is 0 Å². The molecular formula is C29H25F4N7O4. The normalized spacial score (nSPS) is 19.2. The van der Waals surface area contributed by atoms with Crippen molar-refractivity contribution in [3.05, 3.63) is 87.2 Å². The van der Waals surface area contributed by atoms with Gasteiger partial charge in [-0.15, -0.1) is 5.10 Å². The fraction of sp³-hybridized carbons (Fsp3) is 0.345. The Kier molecular flexibility index (Phi) is 7.25.